The molecule has 1 aromatic carbocycles. The molecule has 3 nitrogen and oxygen atoms in total. The van der Waals surface area contributed by atoms with Gasteiger partial charge in [0.25, 0.3) is 0 Å². The van der Waals surface area contributed by atoms with Gasteiger partial charge in [-0.15, -0.1) is 0 Å². The Morgan fingerprint density at radius 1 is 1.47 bits per heavy atom. The van der Waals surface area contributed by atoms with Crippen LogP contribution in [0.1, 0.15) is 31.2 Å². The maximum absolute atomic E-state index is 11.3. The smallest absolute Gasteiger partial charge is 0.122 e. The van der Waals surface area contributed by atoms with E-state index in [1.54, 1.807) is 6.26 Å². The van der Waals surface area contributed by atoms with Gasteiger partial charge in [-0.3, -0.25) is 4.21 Å². The Morgan fingerprint density at radius 2 is 2.26 bits per heavy atom. The van der Waals surface area contributed by atoms with Crippen molar-refractivity contribution in [3.63, 3.8) is 0 Å². The highest BCUT2D eigenvalue weighted by Crippen LogP contribution is 2.32. The molecule has 19 heavy (non-hydrogen) atoms. The first-order valence-corrected chi connectivity index (χ1v) is 8.55. The van der Waals surface area contributed by atoms with Crippen LogP contribution in [0.25, 0.3) is 0 Å². The molecule has 0 aliphatic carbocycles. The third kappa shape index (κ3) is 4.05. The predicted molar refractivity (Wildman–Crippen MR) is 80.3 cm³/mol. The summed E-state index contributed by atoms with van der Waals surface area (Å²) in [6.07, 6.45) is 3.81. The monoisotopic (exact) mass is 281 g/mol. The Hall–Kier alpha value is -0.870. The van der Waals surface area contributed by atoms with E-state index in [9.17, 15) is 4.21 Å². The number of benzene rings is 1. The fourth-order valence-electron chi connectivity index (χ4n) is 2.38. The summed E-state index contributed by atoms with van der Waals surface area (Å²) in [5.41, 5.74) is 1.31. The van der Waals surface area contributed by atoms with E-state index >= 15 is 0 Å². The zero-order valence-electron chi connectivity index (χ0n) is 11.7. The quantitative estimate of drug-likeness (QED) is 0.813. The average molecular weight is 281 g/mol. The van der Waals surface area contributed by atoms with Crippen LogP contribution in [0.3, 0.4) is 0 Å². The van der Waals surface area contributed by atoms with Crippen LogP contribution < -0.4 is 10.1 Å². The molecule has 1 aliphatic rings. The van der Waals surface area contributed by atoms with Crippen LogP contribution in [0.15, 0.2) is 24.3 Å². The Labute approximate surface area is 118 Å². The van der Waals surface area contributed by atoms with Crippen molar-refractivity contribution in [3.8, 4) is 5.75 Å². The molecular weight excluding hydrogens is 258 g/mol. The molecule has 1 N–H and O–H groups in total. The summed E-state index contributed by atoms with van der Waals surface area (Å²) >= 11 is 0. The van der Waals surface area contributed by atoms with Crippen LogP contribution in [0.4, 0.5) is 0 Å². The lowest BCUT2D eigenvalue weighted by Gasteiger charge is -2.26. The van der Waals surface area contributed by atoms with Crippen LogP contribution >= 0.6 is 0 Å². The van der Waals surface area contributed by atoms with Crippen molar-refractivity contribution in [2.24, 2.45) is 0 Å². The molecule has 0 radical (unpaired) electrons. The first-order valence-electron chi connectivity index (χ1n) is 6.93. The second-order valence-electron chi connectivity index (χ2n) is 5.17. The molecule has 1 aliphatic heterocycles. The van der Waals surface area contributed by atoms with Crippen molar-refractivity contribution in [2.45, 2.75) is 30.9 Å². The van der Waals surface area contributed by atoms with Crippen molar-refractivity contribution in [1.29, 1.82) is 0 Å². The van der Waals surface area contributed by atoms with Gasteiger partial charge in [-0.1, -0.05) is 25.1 Å². The fourth-order valence-corrected chi connectivity index (χ4v) is 2.83. The molecule has 0 fully saturated rings. The molecular formula is C15H23NO2S. The number of hydrogen-bond acceptors (Lipinski definition) is 3. The van der Waals surface area contributed by atoms with Crippen molar-refractivity contribution in [1.82, 2.24) is 5.32 Å². The molecule has 0 saturated carbocycles. The highest BCUT2D eigenvalue weighted by Gasteiger charge is 2.20. The van der Waals surface area contributed by atoms with Gasteiger partial charge in [0.05, 0.1) is 6.61 Å². The van der Waals surface area contributed by atoms with Crippen LogP contribution in [0.5, 0.6) is 5.75 Å². The highest BCUT2D eigenvalue weighted by atomic mass is 32.2. The van der Waals surface area contributed by atoms with E-state index in [2.05, 4.69) is 17.4 Å². The fraction of sp³-hybridized carbons (Fsp3) is 0.600. The van der Waals surface area contributed by atoms with Crippen molar-refractivity contribution in [2.75, 3.05) is 26.0 Å². The standard InChI is InChI=1S/C15H23NO2S/c1-12(19(2)17)7-9-16-11-13-8-10-18-15-6-4-3-5-14(13)15/h3-6,12-13,16H,7-11H2,1-2H3. The molecule has 0 spiro atoms. The number of fused-ring (bicyclic) bond motifs is 1. The summed E-state index contributed by atoms with van der Waals surface area (Å²) in [7, 11) is -0.715. The molecule has 0 bridgehead atoms. The normalized spacial score (nSPS) is 21.3. The highest BCUT2D eigenvalue weighted by molar-refractivity contribution is 7.84. The summed E-state index contributed by atoms with van der Waals surface area (Å²) in [6.45, 7) is 4.75. The van der Waals surface area contributed by atoms with E-state index in [0.717, 1.165) is 38.3 Å². The predicted octanol–water partition coefficient (Wildman–Crippen LogP) is 2.30. The molecule has 3 unspecified atom stereocenters. The van der Waals surface area contributed by atoms with Gasteiger partial charge in [0, 0.05) is 34.8 Å². The topological polar surface area (TPSA) is 38.3 Å². The first-order chi connectivity index (χ1) is 9.18. The van der Waals surface area contributed by atoms with Crippen molar-refractivity contribution < 1.29 is 8.95 Å². The van der Waals surface area contributed by atoms with Gasteiger partial charge in [0.15, 0.2) is 0 Å². The van der Waals surface area contributed by atoms with Gasteiger partial charge in [-0.2, -0.15) is 0 Å². The minimum absolute atomic E-state index is 0.273. The Morgan fingerprint density at radius 3 is 3.05 bits per heavy atom. The number of hydrogen-bond donors (Lipinski definition) is 1. The molecule has 0 amide bonds. The van der Waals surface area contributed by atoms with Gasteiger partial charge < -0.3 is 10.1 Å². The molecule has 0 saturated heterocycles. The summed E-state index contributed by atoms with van der Waals surface area (Å²) in [5.74, 6) is 1.57. The van der Waals surface area contributed by atoms with Gasteiger partial charge in [0.2, 0.25) is 0 Å². The lowest BCUT2D eigenvalue weighted by atomic mass is 9.93. The van der Waals surface area contributed by atoms with Gasteiger partial charge >= 0.3 is 0 Å². The zero-order valence-corrected chi connectivity index (χ0v) is 12.5. The molecule has 0 aromatic heterocycles. The summed E-state index contributed by atoms with van der Waals surface area (Å²) < 4.78 is 16.9. The maximum Gasteiger partial charge on any atom is 0.122 e. The number of nitrogens with one attached hydrogen (secondary N) is 1. The minimum atomic E-state index is -0.715. The third-order valence-corrected chi connectivity index (χ3v) is 5.14. The van der Waals surface area contributed by atoms with E-state index in [4.69, 9.17) is 4.74 Å². The van der Waals surface area contributed by atoms with E-state index in [0.29, 0.717) is 5.92 Å². The average Bonchev–Trinajstić information content (AvgIpc) is 2.43. The van der Waals surface area contributed by atoms with Gasteiger partial charge in [-0.25, -0.2) is 0 Å². The van der Waals surface area contributed by atoms with E-state index in [1.807, 2.05) is 19.1 Å². The number of ether oxygens (including phenoxy) is 1. The minimum Gasteiger partial charge on any atom is -0.493 e. The number of rotatable bonds is 6. The molecule has 3 atom stereocenters. The van der Waals surface area contributed by atoms with Crippen LogP contribution in [0.2, 0.25) is 0 Å². The Bertz CT molecular complexity index is 436. The molecule has 1 aromatic rings. The zero-order chi connectivity index (χ0) is 13.7. The second kappa shape index (κ2) is 7.06. The maximum atomic E-state index is 11.3. The second-order valence-corrected chi connectivity index (χ2v) is 6.98. The lowest BCUT2D eigenvalue weighted by molar-refractivity contribution is 0.264. The Balaban J connectivity index is 1.80. The Kier molecular flexibility index (Phi) is 5.40. The summed E-state index contributed by atoms with van der Waals surface area (Å²) in [4.78, 5) is 0. The number of para-hydroxylation sites is 1. The van der Waals surface area contributed by atoms with E-state index in [1.165, 1.54) is 5.56 Å². The van der Waals surface area contributed by atoms with Crippen molar-refractivity contribution >= 4 is 10.8 Å². The van der Waals surface area contributed by atoms with Crippen LogP contribution in [-0.4, -0.2) is 35.4 Å². The molecule has 106 valence electrons. The van der Waals surface area contributed by atoms with Gasteiger partial charge in [0.1, 0.15) is 5.75 Å². The summed E-state index contributed by atoms with van der Waals surface area (Å²) in [6, 6.07) is 8.30. The largest absolute Gasteiger partial charge is 0.493 e. The van der Waals surface area contributed by atoms with Crippen LogP contribution in [-0.2, 0) is 10.8 Å². The third-order valence-electron chi connectivity index (χ3n) is 3.77. The summed E-state index contributed by atoms with van der Waals surface area (Å²) in [5, 5.41) is 3.76. The lowest BCUT2D eigenvalue weighted by Crippen LogP contribution is -2.28. The molecule has 2 rings (SSSR count). The SMILES string of the molecule is CC(CCNCC1CCOc2ccccc21)S(C)=O. The van der Waals surface area contributed by atoms with E-state index < -0.39 is 10.8 Å². The molecule has 1 heterocycles. The van der Waals surface area contributed by atoms with E-state index in [-0.39, 0.29) is 5.25 Å². The van der Waals surface area contributed by atoms with Crippen molar-refractivity contribution in [3.05, 3.63) is 29.8 Å². The molecule has 4 heteroatoms. The first kappa shape index (κ1) is 14.5. The van der Waals surface area contributed by atoms with Gasteiger partial charge in [-0.05, 0) is 31.0 Å². The van der Waals surface area contributed by atoms with Crippen LogP contribution in [0, 0.1) is 0 Å².